The lowest BCUT2D eigenvalue weighted by molar-refractivity contribution is 0.0499. The summed E-state index contributed by atoms with van der Waals surface area (Å²) < 4.78 is 5.95. The van der Waals surface area contributed by atoms with Crippen molar-refractivity contribution in [2.45, 2.75) is 52.1 Å². The topological polar surface area (TPSA) is 26.3 Å². The lowest BCUT2D eigenvalue weighted by Crippen LogP contribution is -2.38. The van der Waals surface area contributed by atoms with E-state index >= 15 is 0 Å². The molecule has 1 aromatic carbocycles. The van der Waals surface area contributed by atoms with Gasteiger partial charge in [0.25, 0.3) is 0 Å². The van der Waals surface area contributed by atoms with Gasteiger partial charge in [-0.25, -0.2) is 0 Å². The van der Waals surface area contributed by atoms with E-state index in [1.165, 1.54) is 5.56 Å². The first-order valence-corrected chi connectivity index (χ1v) is 6.31. The maximum absolute atomic E-state index is 12.2. The summed E-state index contributed by atoms with van der Waals surface area (Å²) in [5, 5.41) is 0. The van der Waals surface area contributed by atoms with Crippen molar-refractivity contribution in [1.29, 1.82) is 0 Å². The lowest BCUT2D eigenvalue weighted by Gasteiger charge is -2.34. The Morgan fingerprint density at radius 2 is 2.12 bits per heavy atom. The Hall–Kier alpha value is -1.31. The molecule has 1 heterocycles. The molecule has 0 spiro atoms. The normalized spacial score (nSPS) is 23.5. The predicted molar refractivity (Wildman–Crippen MR) is 68.8 cm³/mol. The highest BCUT2D eigenvalue weighted by molar-refractivity contribution is 6.00. The van der Waals surface area contributed by atoms with Crippen molar-refractivity contribution in [1.82, 2.24) is 0 Å². The van der Waals surface area contributed by atoms with Gasteiger partial charge in [0.15, 0.2) is 5.78 Å². The smallest absolute Gasteiger partial charge is 0.170 e. The van der Waals surface area contributed by atoms with E-state index in [4.69, 9.17) is 4.74 Å². The first-order valence-electron chi connectivity index (χ1n) is 6.31. The van der Waals surface area contributed by atoms with Crippen LogP contribution in [0, 0.1) is 0 Å². The van der Waals surface area contributed by atoms with Crippen LogP contribution in [0.1, 0.15) is 62.4 Å². The Morgan fingerprint density at radius 3 is 2.71 bits per heavy atom. The van der Waals surface area contributed by atoms with Crippen LogP contribution < -0.4 is 4.74 Å². The highest BCUT2D eigenvalue weighted by Crippen LogP contribution is 2.36. The number of fused-ring (bicyclic) bond motifs is 1. The van der Waals surface area contributed by atoms with Gasteiger partial charge in [0.2, 0.25) is 0 Å². The van der Waals surface area contributed by atoms with Crippen LogP contribution in [0.5, 0.6) is 5.75 Å². The van der Waals surface area contributed by atoms with Crippen LogP contribution in [0.25, 0.3) is 0 Å². The molecule has 1 aliphatic rings. The molecule has 0 amide bonds. The van der Waals surface area contributed by atoms with Crippen molar-refractivity contribution in [3.05, 3.63) is 29.3 Å². The van der Waals surface area contributed by atoms with Gasteiger partial charge in [0, 0.05) is 0 Å². The number of ketones is 1. The summed E-state index contributed by atoms with van der Waals surface area (Å²) in [6.45, 7) is 8.32. The molecule has 0 saturated heterocycles. The minimum absolute atomic E-state index is 0.207. The molecule has 0 aromatic heterocycles. The van der Waals surface area contributed by atoms with E-state index in [9.17, 15) is 4.79 Å². The number of rotatable bonds is 2. The molecular formula is C15H20O2. The average Bonchev–Trinajstić information content (AvgIpc) is 2.28. The average molecular weight is 232 g/mol. The Kier molecular flexibility index (Phi) is 2.98. The van der Waals surface area contributed by atoms with E-state index in [0.29, 0.717) is 12.3 Å². The molecule has 1 aliphatic heterocycles. The van der Waals surface area contributed by atoms with Crippen LogP contribution in [-0.4, -0.2) is 11.4 Å². The van der Waals surface area contributed by atoms with Gasteiger partial charge in [-0.3, -0.25) is 4.79 Å². The SMILES string of the molecule is CCC1(C)CC(=O)c2cc(C(C)C)ccc2O1. The third kappa shape index (κ3) is 2.21. The van der Waals surface area contributed by atoms with Crippen LogP contribution in [0.15, 0.2) is 18.2 Å². The predicted octanol–water partition coefficient (Wildman–Crippen LogP) is 3.94. The summed E-state index contributed by atoms with van der Waals surface area (Å²) in [7, 11) is 0. The second-order valence-corrected chi connectivity index (χ2v) is 5.42. The molecule has 0 saturated carbocycles. The number of ether oxygens (including phenoxy) is 1. The lowest BCUT2D eigenvalue weighted by atomic mass is 9.88. The summed E-state index contributed by atoms with van der Waals surface area (Å²) in [5.74, 6) is 1.39. The molecule has 2 rings (SSSR count). The molecule has 0 N–H and O–H groups in total. The van der Waals surface area contributed by atoms with E-state index in [-0.39, 0.29) is 11.4 Å². The van der Waals surface area contributed by atoms with Crippen molar-refractivity contribution in [2.75, 3.05) is 0 Å². The van der Waals surface area contributed by atoms with Crippen molar-refractivity contribution in [3.63, 3.8) is 0 Å². The van der Waals surface area contributed by atoms with Gasteiger partial charge in [0.05, 0.1) is 12.0 Å². The molecule has 17 heavy (non-hydrogen) atoms. The number of benzene rings is 1. The molecular weight excluding hydrogens is 212 g/mol. The second kappa shape index (κ2) is 4.17. The summed E-state index contributed by atoms with van der Waals surface area (Å²) in [4.78, 5) is 12.2. The quantitative estimate of drug-likeness (QED) is 0.772. The van der Waals surface area contributed by atoms with Crippen LogP contribution in [0.3, 0.4) is 0 Å². The third-order valence-corrected chi connectivity index (χ3v) is 3.61. The molecule has 1 atom stereocenters. The molecule has 2 heteroatoms. The van der Waals surface area contributed by atoms with Crippen LogP contribution >= 0.6 is 0 Å². The van der Waals surface area contributed by atoms with E-state index in [1.807, 2.05) is 19.1 Å². The van der Waals surface area contributed by atoms with Gasteiger partial charge in [-0.15, -0.1) is 0 Å². The molecule has 1 aromatic rings. The highest BCUT2D eigenvalue weighted by atomic mass is 16.5. The molecule has 2 nitrogen and oxygen atoms in total. The number of carbonyl (C=O) groups excluding carboxylic acids is 1. The first-order chi connectivity index (χ1) is 7.95. The number of carbonyl (C=O) groups is 1. The Bertz CT molecular complexity index is 448. The molecule has 0 radical (unpaired) electrons. The highest BCUT2D eigenvalue weighted by Gasteiger charge is 2.35. The fraction of sp³-hybridized carbons (Fsp3) is 0.533. The fourth-order valence-corrected chi connectivity index (χ4v) is 2.15. The molecule has 0 bridgehead atoms. The number of hydrogen-bond acceptors (Lipinski definition) is 2. The first kappa shape index (κ1) is 12.2. The number of hydrogen-bond donors (Lipinski definition) is 0. The van der Waals surface area contributed by atoms with Gasteiger partial charge >= 0.3 is 0 Å². The monoisotopic (exact) mass is 232 g/mol. The van der Waals surface area contributed by atoms with Gasteiger partial charge in [-0.05, 0) is 37.0 Å². The van der Waals surface area contributed by atoms with Crippen LogP contribution in [-0.2, 0) is 0 Å². The minimum Gasteiger partial charge on any atom is -0.486 e. The van der Waals surface area contributed by atoms with Crippen molar-refractivity contribution >= 4 is 5.78 Å². The largest absolute Gasteiger partial charge is 0.486 e. The molecule has 0 fully saturated rings. The zero-order valence-corrected chi connectivity index (χ0v) is 11.0. The zero-order valence-electron chi connectivity index (χ0n) is 11.0. The fourth-order valence-electron chi connectivity index (χ4n) is 2.15. The van der Waals surface area contributed by atoms with Crippen molar-refractivity contribution in [3.8, 4) is 5.75 Å². The maximum Gasteiger partial charge on any atom is 0.170 e. The summed E-state index contributed by atoms with van der Waals surface area (Å²) in [5.41, 5.74) is 1.62. The van der Waals surface area contributed by atoms with E-state index in [2.05, 4.69) is 26.8 Å². The zero-order chi connectivity index (χ0) is 12.6. The Morgan fingerprint density at radius 1 is 1.41 bits per heavy atom. The third-order valence-electron chi connectivity index (χ3n) is 3.61. The number of Topliss-reactive ketones (excluding diaryl/α,β-unsaturated/α-hetero) is 1. The second-order valence-electron chi connectivity index (χ2n) is 5.42. The summed E-state index contributed by atoms with van der Waals surface area (Å²) in [6, 6.07) is 5.98. The minimum atomic E-state index is -0.330. The van der Waals surface area contributed by atoms with Gasteiger partial charge in [0.1, 0.15) is 11.4 Å². The van der Waals surface area contributed by atoms with Crippen LogP contribution in [0.4, 0.5) is 0 Å². The standard InChI is InChI=1S/C15H20O2/c1-5-15(4)9-13(16)12-8-11(10(2)3)6-7-14(12)17-15/h6-8,10H,5,9H2,1-4H3. The molecule has 0 aliphatic carbocycles. The van der Waals surface area contributed by atoms with Crippen molar-refractivity contribution < 1.29 is 9.53 Å². The van der Waals surface area contributed by atoms with Gasteiger partial charge < -0.3 is 4.74 Å². The maximum atomic E-state index is 12.2. The van der Waals surface area contributed by atoms with E-state index in [0.717, 1.165) is 17.7 Å². The summed E-state index contributed by atoms with van der Waals surface area (Å²) in [6.07, 6.45) is 1.34. The molecule has 92 valence electrons. The Labute approximate surface area is 103 Å². The van der Waals surface area contributed by atoms with Gasteiger partial charge in [-0.2, -0.15) is 0 Å². The van der Waals surface area contributed by atoms with E-state index < -0.39 is 0 Å². The molecule has 1 unspecified atom stereocenters. The van der Waals surface area contributed by atoms with Crippen LogP contribution in [0.2, 0.25) is 0 Å². The Balaban J connectivity index is 2.42. The summed E-state index contributed by atoms with van der Waals surface area (Å²) >= 11 is 0. The van der Waals surface area contributed by atoms with Gasteiger partial charge in [-0.1, -0.05) is 26.8 Å². The van der Waals surface area contributed by atoms with Crippen molar-refractivity contribution in [2.24, 2.45) is 0 Å². The van der Waals surface area contributed by atoms with E-state index in [1.54, 1.807) is 0 Å².